The van der Waals surface area contributed by atoms with Gasteiger partial charge in [0.1, 0.15) is 0 Å². The zero-order valence-electron chi connectivity index (χ0n) is 13.4. The lowest BCUT2D eigenvalue weighted by molar-refractivity contribution is 0.510. The molecule has 3 aromatic heterocycles. The molecule has 1 aromatic carbocycles. The lowest BCUT2D eigenvalue weighted by Crippen LogP contribution is -2.08. The molecule has 0 spiro atoms. The van der Waals surface area contributed by atoms with Crippen LogP contribution < -0.4 is 5.84 Å². The average Bonchev–Trinajstić information content (AvgIpc) is 3.36. The maximum atomic E-state index is 6.06. The number of thiophene rings is 1. The molecule has 0 radical (unpaired) electrons. The summed E-state index contributed by atoms with van der Waals surface area (Å²) >= 11 is 3.05. The first kappa shape index (κ1) is 15.9. The van der Waals surface area contributed by atoms with Crippen LogP contribution in [0.3, 0.4) is 0 Å². The first-order valence-electron chi connectivity index (χ1n) is 7.64. The van der Waals surface area contributed by atoms with Gasteiger partial charge in [0, 0.05) is 5.56 Å². The van der Waals surface area contributed by atoms with Gasteiger partial charge >= 0.3 is 0 Å². The van der Waals surface area contributed by atoms with Gasteiger partial charge in [-0.25, -0.2) is 9.66 Å². The predicted octanol–water partition coefficient (Wildman–Crippen LogP) is 4.23. The summed E-state index contributed by atoms with van der Waals surface area (Å²) < 4.78 is 7.31. The molecule has 4 aromatic rings. The average molecular weight is 369 g/mol. The highest BCUT2D eigenvalue weighted by molar-refractivity contribution is 7.99. The normalized spacial score (nSPS) is 12.4. The summed E-state index contributed by atoms with van der Waals surface area (Å²) in [6, 6.07) is 13.9. The summed E-state index contributed by atoms with van der Waals surface area (Å²) in [5.41, 5.74) is 1.86. The molecule has 0 aliphatic heterocycles. The standard InChI is InChI=1S/C17H15N5OS2/c1-11(15-20-21-16(23-15)14-8-5-9-24-14)25-17-19-13(10-22(17)18)12-6-3-2-4-7-12/h2-11H,18H2,1H3. The van der Waals surface area contributed by atoms with Crippen LogP contribution in [0.25, 0.3) is 22.0 Å². The molecule has 0 bridgehead atoms. The Morgan fingerprint density at radius 2 is 2.00 bits per heavy atom. The SMILES string of the molecule is CC(Sc1nc(-c2ccccc2)cn1N)c1nnc(-c2cccs2)o1. The minimum absolute atomic E-state index is 0.0606. The van der Waals surface area contributed by atoms with Crippen molar-refractivity contribution in [3.8, 4) is 22.0 Å². The molecule has 0 amide bonds. The molecule has 0 saturated carbocycles. The van der Waals surface area contributed by atoms with Gasteiger partial charge in [-0.15, -0.1) is 21.5 Å². The number of rotatable bonds is 5. The van der Waals surface area contributed by atoms with Crippen LogP contribution in [-0.2, 0) is 0 Å². The van der Waals surface area contributed by atoms with E-state index < -0.39 is 0 Å². The van der Waals surface area contributed by atoms with E-state index in [4.69, 9.17) is 10.3 Å². The molecule has 0 aliphatic carbocycles. The van der Waals surface area contributed by atoms with Gasteiger partial charge in [-0.2, -0.15) is 0 Å². The number of nitrogen functional groups attached to an aromatic ring is 1. The number of nitrogens with zero attached hydrogens (tertiary/aromatic N) is 4. The van der Waals surface area contributed by atoms with Gasteiger partial charge in [0.05, 0.1) is 22.0 Å². The maximum Gasteiger partial charge on any atom is 0.257 e. The Labute approximate surface area is 152 Å². The van der Waals surface area contributed by atoms with Crippen molar-refractivity contribution in [1.29, 1.82) is 0 Å². The number of nitrogens with two attached hydrogens (primary N) is 1. The Morgan fingerprint density at radius 1 is 1.16 bits per heavy atom. The molecule has 25 heavy (non-hydrogen) atoms. The molecule has 0 saturated heterocycles. The zero-order valence-corrected chi connectivity index (χ0v) is 15.0. The maximum absolute atomic E-state index is 6.06. The van der Waals surface area contributed by atoms with Gasteiger partial charge in [-0.3, -0.25) is 0 Å². The van der Waals surface area contributed by atoms with Crippen LogP contribution in [0.4, 0.5) is 0 Å². The summed E-state index contributed by atoms with van der Waals surface area (Å²) in [5.74, 6) is 7.15. The van der Waals surface area contributed by atoms with Crippen molar-refractivity contribution in [2.45, 2.75) is 17.3 Å². The zero-order chi connectivity index (χ0) is 17.2. The largest absolute Gasteiger partial charge is 0.419 e. The van der Waals surface area contributed by atoms with E-state index in [1.54, 1.807) is 11.3 Å². The summed E-state index contributed by atoms with van der Waals surface area (Å²) in [6.07, 6.45) is 1.81. The smallest absolute Gasteiger partial charge is 0.257 e. The van der Waals surface area contributed by atoms with Crippen LogP contribution in [0.2, 0.25) is 0 Å². The van der Waals surface area contributed by atoms with E-state index in [1.807, 2.05) is 61.0 Å². The fourth-order valence-electron chi connectivity index (χ4n) is 2.32. The van der Waals surface area contributed by atoms with Crippen LogP contribution in [-0.4, -0.2) is 19.9 Å². The van der Waals surface area contributed by atoms with Gasteiger partial charge in [-0.05, 0) is 18.4 Å². The molecule has 0 aliphatic rings. The number of hydrogen-bond donors (Lipinski definition) is 1. The van der Waals surface area contributed by atoms with E-state index in [-0.39, 0.29) is 5.25 Å². The number of aromatic nitrogens is 4. The molecule has 126 valence electrons. The van der Waals surface area contributed by atoms with Crippen molar-refractivity contribution in [1.82, 2.24) is 19.9 Å². The Morgan fingerprint density at radius 3 is 2.76 bits per heavy atom. The Bertz CT molecular complexity index is 962. The molecule has 1 atom stereocenters. The van der Waals surface area contributed by atoms with Crippen molar-refractivity contribution in [2.75, 3.05) is 5.84 Å². The third-order valence-corrected chi connectivity index (χ3v) is 5.50. The summed E-state index contributed by atoms with van der Waals surface area (Å²) in [6.45, 7) is 1.99. The van der Waals surface area contributed by atoms with Crippen molar-refractivity contribution in [3.05, 3.63) is 59.9 Å². The van der Waals surface area contributed by atoms with Crippen molar-refractivity contribution >= 4 is 23.1 Å². The molecule has 0 fully saturated rings. The first-order chi connectivity index (χ1) is 12.2. The highest BCUT2D eigenvalue weighted by Crippen LogP contribution is 2.35. The fourth-order valence-corrected chi connectivity index (χ4v) is 3.80. The third kappa shape index (κ3) is 3.31. The van der Waals surface area contributed by atoms with E-state index in [0.717, 1.165) is 16.1 Å². The summed E-state index contributed by atoms with van der Waals surface area (Å²) in [4.78, 5) is 5.58. The number of benzene rings is 1. The molecule has 8 heteroatoms. The summed E-state index contributed by atoms with van der Waals surface area (Å²) in [5, 5.41) is 10.9. The Balaban J connectivity index is 1.53. The van der Waals surface area contributed by atoms with E-state index >= 15 is 0 Å². The van der Waals surface area contributed by atoms with Crippen LogP contribution in [0, 0.1) is 0 Å². The highest BCUT2D eigenvalue weighted by Gasteiger charge is 2.19. The van der Waals surface area contributed by atoms with Crippen LogP contribution in [0.5, 0.6) is 0 Å². The molecule has 6 nitrogen and oxygen atoms in total. The second-order valence-corrected chi connectivity index (χ2v) is 7.62. The molecule has 1 unspecified atom stereocenters. The predicted molar refractivity (Wildman–Crippen MR) is 99.7 cm³/mol. The second-order valence-electron chi connectivity index (χ2n) is 5.36. The molecule has 4 rings (SSSR count). The lowest BCUT2D eigenvalue weighted by atomic mass is 10.2. The minimum atomic E-state index is -0.0606. The lowest BCUT2D eigenvalue weighted by Gasteiger charge is -2.05. The van der Waals surface area contributed by atoms with E-state index in [2.05, 4.69) is 15.2 Å². The monoisotopic (exact) mass is 369 g/mol. The number of hydrogen-bond acceptors (Lipinski definition) is 7. The van der Waals surface area contributed by atoms with Gasteiger partial charge < -0.3 is 10.3 Å². The van der Waals surface area contributed by atoms with E-state index in [9.17, 15) is 0 Å². The van der Waals surface area contributed by atoms with Crippen molar-refractivity contribution in [3.63, 3.8) is 0 Å². The van der Waals surface area contributed by atoms with Crippen LogP contribution >= 0.6 is 23.1 Å². The van der Waals surface area contributed by atoms with E-state index in [0.29, 0.717) is 16.9 Å². The first-order valence-corrected chi connectivity index (χ1v) is 9.40. The van der Waals surface area contributed by atoms with Gasteiger partial charge in [-0.1, -0.05) is 48.2 Å². The van der Waals surface area contributed by atoms with Crippen LogP contribution in [0.1, 0.15) is 18.1 Å². The van der Waals surface area contributed by atoms with Crippen molar-refractivity contribution in [2.24, 2.45) is 0 Å². The fraction of sp³-hybridized carbons (Fsp3) is 0.118. The molecular weight excluding hydrogens is 354 g/mol. The Hall–Kier alpha value is -2.58. The van der Waals surface area contributed by atoms with Crippen molar-refractivity contribution < 1.29 is 4.42 Å². The minimum Gasteiger partial charge on any atom is -0.419 e. The Kier molecular flexibility index (Phi) is 4.29. The van der Waals surface area contributed by atoms with Gasteiger partial charge in [0.15, 0.2) is 5.16 Å². The van der Waals surface area contributed by atoms with E-state index in [1.165, 1.54) is 16.4 Å². The molecular formula is C17H15N5OS2. The molecule has 3 heterocycles. The molecule has 2 N–H and O–H groups in total. The highest BCUT2D eigenvalue weighted by atomic mass is 32.2. The number of imidazole rings is 1. The second kappa shape index (κ2) is 6.73. The topological polar surface area (TPSA) is 82.8 Å². The third-order valence-electron chi connectivity index (χ3n) is 3.57. The quantitative estimate of drug-likeness (QED) is 0.419. The van der Waals surface area contributed by atoms with Gasteiger partial charge in [0.2, 0.25) is 5.89 Å². The van der Waals surface area contributed by atoms with Crippen LogP contribution in [0.15, 0.2) is 63.6 Å². The number of thioether (sulfide) groups is 1. The van der Waals surface area contributed by atoms with Gasteiger partial charge in [0.25, 0.3) is 5.89 Å². The summed E-state index contributed by atoms with van der Waals surface area (Å²) in [7, 11) is 0.